The highest BCUT2D eigenvalue weighted by atomic mass is 16.2. The number of carbonyl (C=O) groups is 1. The van der Waals surface area contributed by atoms with Crippen LogP contribution < -0.4 is 10.6 Å². The summed E-state index contributed by atoms with van der Waals surface area (Å²) < 4.78 is 0. The summed E-state index contributed by atoms with van der Waals surface area (Å²) in [6.45, 7) is 4.37. The molecule has 0 aromatic carbocycles. The maximum absolute atomic E-state index is 12.0. The summed E-state index contributed by atoms with van der Waals surface area (Å²) in [7, 11) is 0. The van der Waals surface area contributed by atoms with Crippen molar-refractivity contribution in [3.8, 4) is 6.07 Å². The van der Waals surface area contributed by atoms with Gasteiger partial charge < -0.3 is 10.6 Å². The van der Waals surface area contributed by atoms with Gasteiger partial charge in [0.1, 0.15) is 0 Å². The van der Waals surface area contributed by atoms with Crippen LogP contribution in [-0.4, -0.2) is 49.6 Å². The fourth-order valence-electron chi connectivity index (χ4n) is 2.80. The molecule has 1 amide bonds. The lowest BCUT2D eigenvalue weighted by Gasteiger charge is -2.21. The van der Waals surface area contributed by atoms with Crippen molar-refractivity contribution in [1.82, 2.24) is 15.5 Å². The van der Waals surface area contributed by atoms with Crippen molar-refractivity contribution in [2.24, 2.45) is 5.92 Å². The third-order valence-corrected chi connectivity index (χ3v) is 3.83. The Morgan fingerprint density at radius 1 is 1.33 bits per heavy atom. The molecule has 2 unspecified atom stereocenters. The zero-order valence-electron chi connectivity index (χ0n) is 10.8. The molecular weight excluding hydrogens is 228 g/mol. The summed E-state index contributed by atoms with van der Waals surface area (Å²) in [5.74, 6) is 0.0869. The summed E-state index contributed by atoms with van der Waals surface area (Å²) in [5.41, 5.74) is 0. The van der Waals surface area contributed by atoms with Crippen molar-refractivity contribution >= 4 is 5.91 Å². The Kier molecular flexibility index (Phi) is 4.97. The fourth-order valence-corrected chi connectivity index (χ4v) is 2.80. The van der Waals surface area contributed by atoms with E-state index in [1.165, 1.54) is 0 Å². The first-order valence-electron chi connectivity index (χ1n) is 6.91. The van der Waals surface area contributed by atoms with E-state index >= 15 is 0 Å². The molecule has 2 fully saturated rings. The first-order chi connectivity index (χ1) is 8.79. The summed E-state index contributed by atoms with van der Waals surface area (Å²) in [6, 6.07) is 2.37. The average Bonchev–Trinajstić information content (AvgIpc) is 2.64. The van der Waals surface area contributed by atoms with Crippen LogP contribution in [0.4, 0.5) is 0 Å². The molecule has 0 spiro atoms. The SMILES string of the molecule is N#CC1CCCC1NC(=O)CN1CCCNCC1. The standard InChI is InChI=1S/C13H22N4O/c14-9-11-3-1-4-12(11)16-13(18)10-17-7-2-5-15-6-8-17/h11-12,15H,1-8,10H2,(H,16,18). The molecule has 1 aliphatic carbocycles. The Morgan fingerprint density at radius 3 is 3.06 bits per heavy atom. The topological polar surface area (TPSA) is 68.2 Å². The van der Waals surface area contributed by atoms with Gasteiger partial charge >= 0.3 is 0 Å². The van der Waals surface area contributed by atoms with Crippen LogP contribution in [0.1, 0.15) is 25.7 Å². The number of nitrogens with zero attached hydrogens (tertiary/aromatic N) is 2. The molecule has 2 aliphatic rings. The van der Waals surface area contributed by atoms with Gasteiger partial charge in [-0.3, -0.25) is 9.69 Å². The van der Waals surface area contributed by atoms with E-state index in [1.54, 1.807) is 0 Å². The Labute approximate surface area is 109 Å². The Balaban J connectivity index is 1.75. The highest BCUT2D eigenvalue weighted by molar-refractivity contribution is 5.78. The van der Waals surface area contributed by atoms with Crippen LogP contribution in [0.3, 0.4) is 0 Å². The monoisotopic (exact) mass is 250 g/mol. The second kappa shape index (κ2) is 6.72. The molecule has 1 saturated heterocycles. The number of nitrogens with one attached hydrogen (secondary N) is 2. The van der Waals surface area contributed by atoms with Gasteiger partial charge in [-0.15, -0.1) is 0 Å². The summed E-state index contributed by atoms with van der Waals surface area (Å²) >= 11 is 0. The van der Waals surface area contributed by atoms with Gasteiger partial charge in [0.2, 0.25) is 5.91 Å². The molecule has 100 valence electrons. The van der Waals surface area contributed by atoms with Gasteiger partial charge in [-0.25, -0.2) is 0 Å². The van der Waals surface area contributed by atoms with Crippen molar-refractivity contribution < 1.29 is 4.79 Å². The van der Waals surface area contributed by atoms with E-state index in [1.807, 2.05) is 0 Å². The molecular formula is C13H22N4O. The van der Waals surface area contributed by atoms with E-state index < -0.39 is 0 Å². The molecule has 18 heavy (non-hydrogen) atoms. The highest BCUT2D eigenvalue weighted by Gasteiger charge is 2.28. The van der Waals surface area contributed by atoms with Gasteiger partial charge in [0, 0.05) is 19.1 Å². The minimum Gasteiger partial charge on any atom is -0.351 e. The fraction of sp³-hybridized carbons (Fsp3) is 0.846. The number of hydrogen-bond acceptors (Lipinski definition) is 4. The number of nitriles is 1. The van der Waals surface area contributed by atoms with E-state index in [0.717, 1.165) is 51.9 Å². The minimum absolute atomic E-state index is 0.0137. The Bertz CT molecular complexity index is 317. The van der Waals surface area contributed by atoms with Crippen molar-refractivity contribution in [3.63, 3.8) is 0 Å². The van der Waals surface area contributed by atoms with Gasteiger partial charge in [0.05, 0.1) is 18.5 Å². The molecule has 1 aliphatic heterocycles. The lowest BCUT2D eigenvalue weighted by atomic mass is 10.1. The van der Waals surface area contributed by atoms with E-state index in [2.05, 4.69) is 21.6 Å². The molecule has 2 rings (SSSR count). The second-order valence-electron chi connectivity index (χ2n) is 5.22. The lowest BCUT2D eigenvalue weighted by Crippen LogP contribution is -2.44. The quantitative estimate of drug-likeness (QED) is 0.745. The van der Waals surface area contributed by atoms with E-state index in [9.17, 15) is 4.79 Å². The average molecular weight is 250 g/mol. The van der Waals surface area contributed by atoms with Crippen molar-refractivity contribution in [3.05, 3.63) is 0 Å². The molecule has 2 atom stereocenters. The molecule has 2 N–H and O–H groups in total. The Hall–Kier alpha value is -1.12. The number of carbonyl (C=O) groups excluding carboxylic acids is 1. The van der Waals surface area contributed by atoms with Gasteiger partial charge in [-0.05, 0) is 38.8 Å². The summed E-state index contributed by atoms with van der Waals surface area (Å²) in [5, 5.41) is 15.3. The van der Waals surface area contributed by atoms with Crippen molar-refractivity contribution in [1.29, 1.82) is 5.26 Å². The van der Waals surface area contributed by atoms with Gasteiger partial charge in [0.25, 0.3) is 0 Å². The zero-order valence-corrected chi connectivity index (χ0v) is 10.8. The van der Waals surface area contributed by atoms with E-state index in [4.69, 9.17) is 5.26 Å². The van der Waals surface area contributed by atoms with Gasteiger partial charge in [-0.1, -0.05) is 0 Å². The Morgan fingerprint density at radius 2 is 2.22 bits per heavy atom. The second-order valence-corrected chi connectivity index (χ2v) is 5.22. The molecule has 1 saturated carbocycles. The molecule has 0 aromatic rings. The number of rotatable bonds is 3. The minimum atomic E-state index is 0.0137. The van der Waals surface area contributed by atoms with Gasteiger partial charge in [0.15, 0.2) is 0 Å². The third-order valence-electron chi connectivity index (χ3n) is 3.83. The normalized spacial score (nSPS) is 29.5. The van der Waals surface area contributed by atoms with E-state index in [0.29, 0.717) is 6.54 Å². The molecule has 0 bridgehead atoms. The largest absolute Gasteiger partial charge is 0.351 e. The maximum Gasteiger partial charge on any atom is 0.234 e. The van der Waals surface area contributed by atoms with Crippen LogP contribution in [0.15, 0.2) is 0 Å². The molecule has 5 nitrogen and oxygen atoms in total. The zero-order chi connectivity index (χ0) is 12.8. The summed E-state index contributed by atoms with van der Waals surface area (Å²) in [4.78, 5) is 14.1. The first kappa shape index (κ1) is 13.3. The molecule has 1 heterocycles. The predicted octanol–water partition coefficient (Wildman–Crippen LogP) is 0.0902. The smallest absolute Gasteiger partial charge is 0.234 e. The van der Waals surface area contributed by atoms with Crippen molar-refractivity contribution in [2.75, 3.05) is 32.7 Å². The lowest BCUT2D eigenvalue weighted by molar-refractivity contribution is -0.123. The van der Waals surface area contributed by atoms with Crippen LogP contribution in [0.25, 0.3) is 0 Å². The number of amides is 1. The molecule has 5 heteroatoms. The summed E-state index contributed by atoms with van der Waals surface area (Å²) in [6.07, 6.45) is 4.02. The molecule has 0 aromatic heterocycles. The van der Waals surface area contributed by atoms with Crippen LogP contribution in [-0.2, 0) is 4.79 Å². The third kappa shape index (κ3) is 3.69. The van der Waals surface area contributed by atoms with Crippen LogP contribution >= 0.6 is 0 Å². The molecule has 0 radical (unpaired) electrons. The highest BCUT2D eigenvalue weighted by Crippen LogP contribution is 2.24. The van der Waals surface area contributed by atoms with E-state index in [-0.39, 0.29) is 17.9 Å². The first-order valence-corrected chi connectivity index (χ1v) is 6.91. The van der Waals surface area contributed by atoms with Crippen molar-refractivity contribution in [2.45, 2.75) is 31.7 Å². The van der Waals surface area contributed by atoms with Gasteiger partial charge in [-0.2, -0.15) is 5.26 Å². The van der Waals surface area contributed by atoms with Crippen LogP contribution in [0, 0.1) is 17.2 Å². The predicted molar refractivity (Wildman–Crippen MR) is 68.8 cm³/mol. The van der Waals surface area contributed by atoms with Crippen LogP contribution in [0.2, 0.25) is 0 Å². The van der Waals surface area contributed by atoms with Crippen LogP contribution in [0.5, 0.6) is 0 Å². The maximum atomic E-state index is 12.0. The number of hydrogen-bond donors (Lipinski definition) is 2.